The Morgan fingerprint density at radius 1 is 1.12 bits per heavy atom. The van der Waals surface area contributed by atoms with E-state index in [2.05, 4.69) is 27.3 Å². The summed E-state index contributed by atoms with van der Waals surface area (Å²) in [5, 5.41) is 12.3. The molecule has 4 nitrogen and oxygen atoms in total. The fourth-order valence-corrected chi connectivity index (χ4v) is 3.01. The van der Waals surface area contributed by atoms with Gasteiger partial charge >= 0.3 is 0 Å². The lowest BCUT2D eigenvalue weighted by molar-refractivity contribution is -0.122. The molecule has 2 aromatic carbocycles. The van der Waals surface area contributed by atoms with Gasteiger partial charge in [0.15, 0.2) is 0 Å². The first-order chi connectivity index (χ1) is 11.6. The van der Waals surface area contributed by atoms with Gasteiger partial charge in [0.2, 0.25) is 5.91 Å². The zero-order chi connectivity index (χ0) is 17.1. The quantitative estimate of drug-likeness (QED) is 0.876. The number of nitrogens with zero attached hydrogens (tertiary/aromatic N) is 1. The SMILES string of the molecule is COc1ccc(C2C=C(c3ccc(Br)cc3)NC(=O)C2C#N)cc1. The summed E-state index contributed by atoms with van der Waals surface area (Å²) >= 11 is 3.40. The van der Waals surface area contributed by atoms with E-state index in [0.717, 1.165) is 27.0 Å². The van der Waals surface area contributed by atoms with Gasteiger partial charge in [0.25, 0.3) is 0 Å². The third-order valence-electron chi connectivity index (χ3n) is 4.04. The van der Waals surface area contributed by atoms with Crippen LogP contribution in [0.3, 0.4) is 0 Å². The molecule has 0 saturated heterocycles. The predicted octanol–water partition coefficient (Wildman–Crippen LogP) is 3.85. The highest BCUT2D eigenvalue weighted by molar-refractivity contribution is 9.10. The Morgan fingerprint density at radius 3 is 2.38 bits per heavy atom. The largest absolute Gasteiger partial charge is 0.497 e. The van der Waals surface area contributed by atoms with Gasteiger partial charge < -0.3 is 10.1 Å². The molecule has 24 heavy (non-hydrogen) atoms. The molecular weight excluding hydrogens is 368 g/mol. The van der Waals surface area contributed by atoms with Crippen molar-refractivity contribution in [2.75, 3.05) is 7.11 Å². The van der Waals surface area contributed by atoms with Gasteiger partial charge in [-0.05, 0) is 35.4 Å². The molecule has 1 N–H and O–H groups in total. The Morgan fingerprint density at radius 2 is 1.79 bits per heavy atom. The summed E-state index contributed by atoms with van der Waals surface area (Å²) < 4.78 is 6.14. The van der Waals surface area contributed by atoms with Crippen LogP contribution in [-0.4, -0.2) is 13.0 Å². The van der Waals surface area contributed by atoms with E-state index in [1.165, 1.54) is 0 Å². The van der Waals surface area contributed by atoms with Crippen LogP contribution in [0, 0.1) is 17.2 Å². The number of allylic oxidation sites excluding steroid dienone is 1. The highest BCUT2D eigenvalue weighted by atomic mass is 79.9. The second kappa shape index (κ2) is 6.90. The molecule has 120 valence electrons. The Hall–Kier alpha value is -2.58. The van der Waals surface area contributed by atoms with Crippen LogP contribution in [0.5, 0.6) is 5.75 Å². The van der Waals surface area contributed by atoms with Gasteiger partial charge in [0, 0.05) is 16.1 Å². The highest BCUT2D eigenvalue weighted by Gasteiger charge is 2.33. The molecule has 1 amide bonds. The number of amides is 1. The standard InChI is InChI=1S/C19H15BrN2O2/c1-24-15-8-4-12(5-9-15)16-10-18(22-19(23)17(16)11-21)13-2-6-14(20)7-3-13/h2-10,16-17H,1H3,(H,22,23). The van der Waals surface area contributed by atoms with Crippen LogP contribution in [0.4, 0.5) is 0 Å². The number of hydrogen-bond acceptors (Lipinski definition) is 3. The number of carbonyl (C=O) groups is 1. The number of ether oxygens (including phenoxy) is 1. The van der Waals surface area contributed by atoms with E-state index in [9.17, 15) is 10.1 Å². The maximum atomic E-state index is 12.4. The number of halogens is 1. The summed E-state index contributed by atoms with van der Waals surface area (Å²) in [6, 6.07) is 17.3. The molecule has 1 heterocycles. The maximum absolute atomic E-state index is 12.4. The van der Waals surface area contributed by atoms with Gasteiger partial charge in [0.05, 0.1) is 13.2 Å². The predicted molar refractivity (Wildman–Crippen MR) is 95.1 cm³/mol. The Balaban J connectivity index is 2.02. The molecule has 5 heteroatoms. The van der Waals surface area contributed by atoms with Crippen molar-refractivity contribution in [3.63, 3.8) is 0 Å². The monoisotopic (exact) mass is 382 g/mol. The second-order valence-electron chi connectivity index (χ2n) is 5.48. The highest BCUT2D eigenvalue weighted by Crippen LogP contribution is 2.34. The Bertz CT molecular complexity index is 820. The van der Waals surface area contributed by atoms with Crippen molar-refractivity contribution in [2.24, 2.45) is 5.92 Å². The molecule has 0 radical (unpaired) electrons. The molecular formula is C19H15BrN2O2. The van der Waals surface area contributed by atoms with Crippen LogP contribution in [-0.2, 0) is 4.79 Å². The molecule has 0 fully saturated rings. The lowest BCUT2D eigenvalue weighted by atomic mass is 9.82. The van der Waals surface area contributed by atoms with Crippen molar-refractivity contribution in [1.82, 2.24) is 5.32 Å². The minimum Gasteiger partial charge on any atom is -0.497 e. The summed E-state index contributed by atoms with van der Waals surface area (Å²) in [6.07, 6.45) is 1.94. The van der Waals surface area contributed by atoms with E-state index in [1.54, 1.807) is 7.11 Å². The van der Waals surface area contributed by atoms with E-state index in [1.807, 2.05) is 54.6 Å². The van der Waals surface area contributed by atoms with Gasteiger partial charge in [-0.2, -0.15) is 5.26 Å². The van der Waals surface area contributed by atoms with Crippen LogP contribution in [0.25, 0.3) is 5.70 Å². The van der Waals surface area contributed by atoms with E-state index in [-0.39, 0.29) is 11.8 Å². The zero-order valence-electron chi connectivity index (χ0n) is 13.0. The maximum Gasteiger partial charge on any atom is 0.242 e. The fraction of sp³-hybridized carbons (Fsp3) is 0.158. The molecule has 1 aliphatic heterocycles. The van der Waals surface area contributed by atoms with Crippen LogP contribution in [0.15, 0.2) is 59.1 Å². The van der Waals surface area contributed by atoms with Crippen LogP contribution < -0.4 is 10.1 Å². The first-order valence-corrected chi connectivity index (χ1v) is 8.24. The number of nitriles is 1. The number of nitrogens with one attached hydrogen (secondary N) is 1. The van der Waals surface area contributed by atoms with E-state index in [4.69, 9.17) is 4.74 Å². The summed E-state index contributed by atoms with van der Waals surface area (Å²) in [4.78, 5) is 12.4. The van der Waals surface area contributed by atoms with Gasteiger partial charge in [-0.1, -0.05) is 46.3 Å². The third kappa shape index (κ3) is 3.19. The third-order valence-corrected chi connectivity index (χ3v) is 4.57. The summed E-state index contributed by atoms with van der Waals surface area (Å²) in [6.45, 7) is 0. The molecule has 1 aliphatic rings. The van der Waals surface area contributed by atoms with E-state index < -0.39 is 5.92 Å². The van der Waals surface area contributed by atoms with Crippen LogP contribution >= 0.6 is 15.9 Å². The Labute approximate surface area is 148 Å². The lowest BCUT2D eigenvalue weighted by Crippen LogP contribution is -2.36. The van der Waals surface area contributed by atoms with Crippen molar-refractivity contribution in [1.29, 1.82) is 5.26 Å². The van der Waals surface area contributed by atoms with Crippen molar-refractivity contribution in [2.45, 2.75) is 5.92 Å². The number of hydrogen-bond donors (Lipinski definition) is 1. The molecule has 0 aliphatic carbocycles. The van der Waals surface area contributed by atoms with Crippen molar-refractivity contribution < 1.29 is 9.53 Å². The minimum atomic E-state index is -0.752. The number of methoxy groups -OCH3 is 1. The second-order valence-corrected chi connectivity index (χ2v) is 6.40. The van der Waals surface area contributed by atoms with Gasteiger partial charge in [-0.25, -0.2) is 0 Å². The summed E-state index contributed by atoms with van der Waals surface area (Å²) in [5.41, 5.74) is 2.54. The average molecular weight is 383 g/mol. The van der Waals surface area contributed by atoms with Crippen molar-refractivity contribution in [3.8, 4) is 11.8 Å². The number of rotatable bonds is 3. The fourth-order valence-electron chi connectivity index (χ4n) is 2.74. The molecule has 0 spiro atoms. The topological polar surface area (TPSA) is 62.1 Å². The zero-order valence-corrected chi connectivity index (χ0v) is 14.6. The van der Waals surface area contributed by atoms with Gasteiger partial charge in [-0.15, -0.1) is 0 Å². The molecule has 2 unspecified atom stereocenters. The number of carbonyl (C=O) groups excluding carboxylic acids is 1. The number of benzene rings is 2. The average Bonchev–Trinajstić information content (AvgIpc) is 2.61. The van der Waals surface area contributed by atoms with Crippen molar-refractivity contribution in [3.05, 3.63) is 70.2 Å². The first kappa shape index (κ1) is 16.3. The molecule has 2 atom stereocenters. The molecule has 0 bridgehead atoms. The van der Waals surface area contributed by atoms with Gasteiger partial charge in [0.1, 0.15) is 11.7 Å². The molecule has 2 aromatic rings. The lowest BCUT2D eigenvalue weighted by Gasteiger charge is -2.26. The molecule has 0 aromatic heterocycles. The summed E-state index contributed by atoms with van der Waals surface area (Å²) in [5.74, 6) is -0.589. The summed E-state index contributed by atoms with van der Waals surface area (Å²) in [7, 11) is 1.60. The van der Waals surface area contributed by atoms with Gasteiger partial charge in [-0.3, -0.25) is 4.79 Å². The molecule has 0 saturated carbocycles. The van der Waals surface area contributed by atoms with E-state index >= 15 is 0 Å². The van der Waals surface area contributed by atoms with Crippen molar-refractivity contribution >= 4 is 27.5 Å². The smallest absolute Gasteiger partial charge is 0.242 e. The molecule has 3 rings (SSSR count). The van der Waals surface area contributed by atoms with Crippen LogP contribution in [0.1, 0.15) is 17.0 Å². The Kier molecular flexibility index (Phi) is 4.68. The minimum absolute atomic E-state index is 0.279. The first-order valence-electron chi connectivity index (χ1n) is 7.44. The van der Waals surface area contributed by atoms with Crippen LogP contribution in [0.2, 0.25) is 0 Å². The van der Waals surface area contributed by atoms with E-state index in [0.29, 0.717) is 0 Å². The normalized spacial score (nSPS) is 19.9.